The number of likely N-dealkylation sites (N-methyl/N-ethyl adjacent to an activating group) is 1. The highest BCUT2D eigenvalue weighted by atomic mass is 32.1. The average Bonchev–Trinajstić information content (AvgIpc) is 3.85. The van der Waals surface area contributed by atoms with Crippen molar-refractivity contribution in [3.8, 4) is 32.8 Å². The van der Waals surface area contributed by atoms with Gasteiger partial charge in [-0.2, -0.15) is 5.10 Å². The molecule has 5 heterocycles. The summed E-state index contributed by atoms with van der Waals surface area (Å²) < 4.78 is 19.9. The second-order valence-corrected chi connectivity index (χ2v) is 12.2. The fraction of sp³-hybridized carbons (Fsp3) is 0.258. The van der Waals surface area contributed by atoms with Crippen LogP contribution in [0.4, 0.5) is 0 Å². The summed E-state index contributed by atoms with van der Waals surface area (Å²) in [4.78, 5) is 29.0. The number of aryl methyl sites for hydroxylation is 1. The first kappa shape index (κ1) is 27.4. The van der Waals surface area contributed by atoms with Crippen LogP contribution in [0.2, 0.25) is 0 Å². The molecule has 0 N–H and O–H groups in total. The number of hydrogen-bond donors (Lipinski definition) is 0. The Morgan fingerprint density at radius 1 is 1.12 bits per heavy atom. The number of thiazole rings is 2. The van der Waals surface area contributed by atoms with Gasteiger partial charge < -0.3 is 19.1 Å². The van der Waals surface area contributed by atoms with Crippen molar-refractivity contribution >= 4 is 44.4 Å². The Morgan fingerprint density at radius 3 is 2.77 bits per heavy atom. The van der Waals surface area contributed by atoms with Crippen LogP contribution >= 0.6 is 22.7 Å². The van der Waals surface area contributed by atoms with Crippen LogP contribution in [-0.2, 0) is 11.3 Å². The van der Waals surface area contributed by atoms with Gasteiger partial charge in [0, 0.05) is 42.3 Å². The number of ether oxygens (including phenoxy) is 3. The molecular weight excluding hydrogens is 585 g/mol. The van der Waals surface area contributed by atoms with Gasteiger partial charge in [0.2, 0.25) is 0 Å². The van der Waals surface area contributed by atoms with Crippen molar-refractivity contribution in [1.82, 2.24) is 29.5 Å². The molecule has 1 fully saturated rings. The lowest BCUT2D eigenvalue weighted by molar-refractivity contribution is 0.0711. The number of nitrogens with zero attached hydrogens (tertiary/aromatic N) is 6. The summed E-state index contributed by atoms with van der Waals surface area (Å²) in [7, 11) is 3.46. The molecule has 7 rings (SSSR count). The molecule has 0 aliphatic carbocycles. The Hall–Kier alpha value is -4.39. The molecule has 2 aromatic carbocycles. The first-order valence-electron chi connectivity index (χ1n) is 13.8. The minimum absolute atomic E-state index is 0.000875. The molecular formula is C31H28N6O4S2. The summed E-state index contributed by atoms with van der Waals surface area (Å²) >= 11 is 3.06. The van der Waals surface area contributed by atoms with E-state index in [1.807, 2.05) is 74.1 Å². The van der Waals surface area contributed by atoms with Gasteiger partial charge in [0.05, 0.1) is 47.6 Å². The number of fused-ring (bicyclic) bond motifs is 2. The smallest absolute Gasteiger partial charge is 0.253 e. The zero-order valence-corrected chi connectivity index (χ0v) is 25.4. The molecule has 1 aliphatic rings. The topological polar surface area (TPSA) is 104 Å². The van der Waals surface area contributed by atoms with E-state index in [1.165, 1.54) is 11.3 Å². The fourth-order valence-corrected chi connectivity index (χ4v) is 6.78. The van der Waals surface area contributed by atoms with Gasteiger partial charge in [0.1, 0.15) is 33.8 Å². The summed E-state index contributed by atoms with van der Waals surface area (Å²) in [5, 5.41) is 8.13. The molecule has 0 saturated carbocycles. The number of benzene rings is 2. The Balaban J connectivity index is 1.08. The predicted molar refractivity (Wildman–Crippen MR) is 166 cm³/mol. The van der Waals surface area contributed by atoms with E-state index in [0.717, 1.165) is 54.9 Å². The molecule has 4 aromatic heterocycles. The standard InChI is InChI=1S/C31H28N6O4S2/c1-18-4-9-27-33-25(14-37(27)35-18)30-34-24-12-23(39-3)13-26(28(24)43-30)41-15-21-17-42-29(32-21)19-5-7-20(8-6-19)31(38)36(2)22-10-11-40-16-22/h4-9,12-14,17,22H,10-11,15-16H2,1-3H3. The maximum Gasteiger partial charge on any atom is 0.253 e. The number of hydrogen-bond acceptors (Lipinski definition) is 10. The zero-order chi connectivity index (χ0) is 29.5. The number of rotatable bonds is 8. The summed E-state index contributed by atoms with van der Waals surface area (Å²) in [6.45, 7) is 3.53. The van der Waals surface area contributed by atoms with E-state index in [9.17, 15) is 4.79 Å². The molecule has 1 atom stereocenters. The van der Waals surface area contributed by atoms with E-state index in [2.05, 4.69) is 5.10 Å². The van der Waals surface area contributed by atoms with Crippen molar-refractivity contribution in [1.29, 1.82) is 0 Å². The molecule has 0 bridgehead atoms. The third-order valence-electron chi connectivity index (χ3n) is 7.42. The van der Waals surface area contributed by atoms with Crippen LogP contribution in [0.5, 0.6) is 11.5 Å². The summed E-state index contributed by atoms with van der Waals surface area (Å²) in [6, 6.07) is 15.4. The summed E-state index contributed by atoms with van der Waals surface area (Å²) in [6.07, 6.45) is 2.76. The average molecular weight is 613 g/mol. The summed E-state index contributed by atoms with van der Waals surface area (Å²) in [5.41, 5.74) is 5.61. The quantitative estimate of drug-likeness (QED) is 0.210. The van der Waals surface area contributed by atoms with Gasteiger partial charge in [-0.3, -0.25) is 4.79 Å². The monoisotopic (exact) mass is 612 g/mol. The molecule has 1 amide bonds. The molecule has 43 heavy (non-hydrogen) atoms. The largest absolute Gasteiger partial charge is 0.497 e. The van der Waals surface area contributed by atoms with Crippen LogP contribution < -0.4 is 9.47 Å². The number of imidazole rings is 1. The van der Waals surface area contributed by atoms with Crippen LogP contribution in [0, 0.1) is 6.92 Å². The van der Waals surface area contributed by atoms with E-state index in [4.69, 9.17) is 29.2 Å². The van der Waals surface area contributed by atoms with Crippen molar-refractivity contribution < 1.29 is 19.0 Å². The van der Waals surface area contributed by atoms with Crippen molar-refractivity contribution in [3.63, 3.8) is 0 Å². The highest BCUT2D eigenvalue weighted by Crippen LogP contribution is 2.39. The Morgan fingerprint density at radius 2 is 1.98 bits per heavy atom. The number of methoxy groups -OCH3 is 1. The number of amides is 1. The van der Waals surface area contributed by atoms with Gasteiger partial charge in [-0.05, 0) is 37.6 Å². The number of aromatic nitrogens is 5. The van der Waals surface area contributed by atoms with E-state index < -0.39 is 0 Å². The van der Waals surface area contributed by atoms with E-state index in [1.54, 1.807) is 27.9 Å². The molecule has 6 aromatic rings. The van der Waals surface area contributed by atoms with E-state index in [0.29, 0.717) is 30.3 Å². The maximum atomic E-state index is 12.9. The van der Waals surface area contributed by atoms with Crippen molar-refractivity contribution in [2.75, 3.05) is 27.4 Å². The van der Waals surface area contributed by atoms with Gasteiger partial charge in [-0.15, -0.1) is 22.7 Å². The minimum Gasteiger partial charge on any atom is -0.497 e. The van der Waals surface area contributed by atoms with Crippen molar-refractivity contribution in [2.24, 2.45) is 0 Å². The third kappa shape index (κ3) is 5.44. The first-order valence-corrected chi connectivity index (χ1v) is 15.5. The Labute approximate surface area is 255 Å². The van der Waals surface area contributed by atoms with Crippen LogP contribution in [0.3, 0.4) is 0 Å². The minimum atomic E-state index is -0.000875. The zero-order valence-electron chi connectivity index (χ0n) is 23.8. The Kier molecular flexibility index (Phi) is 7.25. The van der Waals surface area contributed by atoms with Crippen LogP contribution in [0.25, 0.3) is 37.1 Å². The summed E-state index contributed by atoms with van der Waals surface area (Å²) in [5.74, 6) is 1.33. The molecule has 12 heteroatoms. The van der Waals surface area contributed by atoms with Gasteiger partial charge in [0.15, 0.2) is 5.65 Å². The lowest BCUT2D eigenvalue weighted by atomic mass is 10.1. The van der Waals surface area contributed by atoms with Gasteiger partial charge in [0.25, 0.3) is 5.91 Å². The molecule has 218 valence electrons. The van der Waals surface area contributed by atoms with Crippen LogP contribution in [0.1, 0.15) is 28.2 Å². The highest BCUT2D eigenvalue weighted by Gasteiger charge is 2.25. The van der Waals surface area contributed by atoms with Gasteiger partial charge in [-0.1, -0.05) is 12.1 Å². The molecule has 0 radical (unpaired) electrons. The van der Waals surface area contributed by atoms with Gasteiger partial charge >= 0.3 is 0 Å². The maximum absolute atomic E-state index is 12.9. The third-order valence-corrected chi connectivity index (χ3v) is 9.47. The fourth-order valence-electron chi connectivity index (χ4n) is 5.00. The van der Waals surface area contributed by atoms with Crippen molar-refractivity contribution in [2.45, 2.75) is 26.0 Å². The SMILES string of the molecule is COc1cc(OCc2csc(-c3ccc(C(=O)N(C)C4CCOC4)cc3)n2)c2sc(-c3cn4nc(C)ccc4n3)nc2c1. The van der Waals surface area contributed by atoms with Crippen molar-refractivity contribution in [3.05, 3.63) is 77.1 Å². The molecule has 0 spiro atoms. The van der Waals surface area contributed by atoms with Crippen LogP contribution in [-0.4, -0.2) is 68.8 Å². The second kappa shape index (κ2) is 11.4. The predicted octanol–water partition coefficient (Wildman–Crippen LogP) is 5.89. The molecule has 1 aliphatic heterocycles. The molecule has 1 unspecified atom stereocenters. The lowest BCUT2D eigenvalue weighted by Crippen LogP contribution is -2.37. The number of carbonyl (C=O) groups excluding carboxylic acids is 1. The molecule has 10 nitrogen and oxygen atoms in total. The van der Waals surface area contributed by atoms with Gasteiger partial charge in [-0.25, -0.2) is 19.5 Å². The first-order chi connectivity index (χ1) is 20.9. The van der Waals surface area contributed by atoms with E-state index >= 15 is 0 Å². The van der Waals surface area contributed by atoms with E-state index in [-0.39, 0.29) is 18.6 Å². The highest BCUT2D eigenvalue weighted by molar-refractivity contribution is 7.22. The second-order valence-electron chi connectivity index (χ2n) is 10.3. The Bertz CT molecular complexity index is 1940. The van der Waals surface area contributed by atoms with Crippen LogP contribution in [0.15, 0.2) is 60.1 Å². The lowest BCUT2D eigenvalue weighted by Gasteiger charge is -2.23. The molecule has 1 saturated heterocycles. The normalized spacial score (nSPS) is 14.9. The number of carbonyl (C=O) groups is 1.